The molecule has 11 aromatic rings. The largest absolute Gasteiger partial charge is 0.457 e. The molecule has 0 aliphatic carbocycles. The summed E-state index contributed by atoms with van der Waals surface area (Å²) >= 11 is 0. The summed E-state index contributed by atoms with van der Waals surface area (Å²) in [5, 5.41) is 2.35. The van der Waals surface area contributed by atoms with Gasteiger partial charge in [-0.15, -0.1) is 0 Å². The number of rotatable bonds is 9. The van der Waals surface area contributed by atoms with E-state index in [1.165, 1.54) is 72.3 Å². The molecular formula is C76H74N4O. The highest BCUT2D eigenvalue weighted by molar-refractivity contribution is 6.10. The normalized spacial score (nSPS) is 13.1. The first kappa shape index (κ1) is 53.0. The third-order valence-electron chi connectivity index (χ3n) is 16.4. The average molecular weight is 1060 g/mol. The predicted molar refractivity (Wildman–Crippen MR) is 344 cm³/mol. The number of hydrogen-bond acceptors (Lipinski definition) is 4. The molecule has 0 bridgehead atoms. The number of anilines is 4. The van der Waals surface area contributed by atoms with Gasteiger partial charge in [-0.25, -0.2) is 4.98 Å². The second-order valence-electron chi connectivity index (χ2n) is 26.2. The van der Waals surface area contributed by atoms with Gasteiger partial charge >= 0.3 is 0 Å². The van der Waals surface area contributed by atoms with Crippen LogP contribution in [0.3, 0.4) is 0 Å². The Kier molecular flexibility index (Phi) is 13.2. The molecule has 9 aromatic carbocycles. The summed E-state index contributed by atoms with van der Waals surface area (Å²) in [6.07, 6.45) is 2.08. The van der Waals surface area contributed by atoms with Crippen LogP contribution >= 0.6 is 0 Å². The van der Waals surface area contributed by atoms with Crippen molar-refractivity contribution in [2.24, 2.45) is 0 Å². The predicted octanol–water partition coefficient (Wildman–Crippen LogP) is 21.1. The maximum atomic E-state index is 7.00. The fraction of sp³-hybridized carbons (Fsp3) is 0.224. The topological polar surface area (TPSA) is 33.5 Å². The fourth-order valence-electron chi connectivity index (χ4n) is 11.8. The zero-order chi connectivity index (χ0) is 56.6. The van der Waals surface area contributed by atoms with E-state index in [-0.39, 0.29) is 21.7 Å². The van der Waals surface area contributed by atoms with Gasteiger partial charge in [-0.3, -0.25) is 4.57 Å². The highest BCUT2D eigenvalue weighted by Gasteiger charge is 2.32. The summed E-state index contributed by atoms with van der Waals surface area (Å²) in [5.74, 6) is 2.39. The number of benzene rings is 9. The molecule has 0 unspecified atom stereocenters. The lowest BCUT2D eigenvalue weighted by molar-refractivity contribution is 0.483. The van der Waals surface area contributed by atoms with E-state index < -0.39 is 0 Å². The first-order valence-corrected chi connectivity index (χ1v) is 28.7. The Balaban J connectivity index is 0.934. The molecule has 0 spiro atoms. The standard InChI is InChI=1S/C76H74N4O/c1-73(2,3)55-35-31-51(32-36-55)61-27-20-28-62(54-24-18-23-53(43-54)50-21-14-13-15-22-50)72(61)79-49-78(68-29-16-17-30-69(68)79)58-25-19-26-59(45-58)81-60-40-41-63-64-44-57(75(7,8)9)39-42-67(64)80(70(63)46-60)71-47-66(76(10,11)12)65(48-77-71)52-33-37-56(38-34-52)74(4,5)6/h13-48H,49H2,1-12H3. The minimum Gasteiger partial charge on any atom is -0.457 e. The lowest BCUT2D eigenvalue weighted by Gasteiger charge is -2.28. The lowest BCUT2D eigenvalue weighted by Crippen LogP contribution is -2.25. The van der Waals surface area contributed by atoms with Crippen molar-refractivity contribution in [2.45, 2.75) is 105 Å². The highest BCUT2D eigenvalue weighted by atomic mass is 16.5. The number of hydrogen-bond donors (Lipinski definition) is 0. The van der Waals surface area contributed by atoms with E-state index in [1.807, 2.05) is 0 Å². The van der Waals surface area contributed by atoms with Crippen molar-refractivity contribution in [3.8, 4) is 61.8 Å². The first-order valence-electron chi connectivity index (χ1n) is 28.7. The smallest absolute Gasteiger partial charge is 0.137 e. The van der Waals surface area contributed by atoms with Gasteiger partial charge in [0.2, 0.25) is 0 Å². The zero-order valence-electron chi connectivity index (χ0n) is 49.2. The van der Waals surface area contributed by atoms with Crippen LogP contribution in [-0.4, -0.2) is 16.2 Å². The van der Waals surface area contributed by atoms with Gasteiger partial charge in [-0.1, -0.05) is 223 Å². The molecule has 404 valence electrons. The van der Waals surface area contributed by atoms with Gasteiger partial charge in [0.15, 0.2) is 0 Å². The molecule has 0 N–H and O–H groups in total. The average Bonchev–Trinajstić information content (AvgIpc) is 4.25. The van der Waals surface area contributed by atoms with Crippen molar-refractivity contribution in [2.75, 3.05) is 16.5 Å². The molecule has 0 amide bonds. The van der Waals surface area contributed by atoms with Crippen molar-refractivity contribution in [3.63, 3.8) is 0 Å². The SMILES string of the molecule is CC(C)(C)c1ccc(-c2cnc(-n3c4ccc(C(C)(C)C)cc4c4ccc(Oc5cccc(N6CN(c7c(-c8ccc(C(C)(C)C)cc8)cccc7-c7cccc(-c8ccccc8)c7)c7ccccc76)c5)cc43)cc2C(C)(C)C)cc1. The zero-order valence-corrected chi connectivity index (χ0v) is 49.2. The Bertz CT molecular complexity index is 4140. The van der Waals surface area contributed by atoms with Gasteiger partial charge in [0, 0.05) is 51.5 Å². The van der Waals surface area contributed by atoms with Gasteiger partial charge in [0.1, 0.15) is 24.0 Å². The van der Waals surface area contributed by atoms with Crippen LogP contribution in [0.25, 0.3) is 72.1 Å². The number of fused-ring (bicyclic) bond motifs is 4. The summed E-state index contributed by atoms with van der Waals surface area (Å²) in [6, 6.07) is 77.8. The minimum absolute atomic E-state index is 0.0239. The number of ether oxygens (including phenoxy) is 1. The van der Waals surface area contributed by atoms with Crippen LogP contribution in [0.4, 0.5) is 22.7 Å². The first-order chi connectivity index (χ1) is 38.7. The highest BCUT2D eigenvalue weighted by Crippen LogP contribution is 2.51. The maximum Gasteiger partial charge on any atom is 0.137 e. The molecule has 0 fully saturated rings. The molecular weight excluding hydrogens is 985 g/mol. The Morgan fingerprint density at radius 1 is 0.370 bits per heavy atom. The second kappa shape index (κ2) is 20.1. The van der Waals surface area contributed by atoms with Gasteiger partial charge in [-0.2, -0.15) is 0 Å². The van der Waals surface area contributed by atoms with Crippen LogP contribution in [0.15, 0.2) is 219 Å². The monoisotopic (exact) mass is 1060 g/mol. The fourth-order valence-corrected chi connectivity index (χ4v) is 11.8. The molecule has 3 heterocycles. The van der Waals surface area contributed by atoms with E-state index in [4.69, 9.17) is 9.72 Å². The summed E-state index contributed by atoms with van der Waals surface area (Å²) in [6.45, 7) is 28.0. The molecule has 81 heavy (non-hydrogen) atoms. The van der Waals surface area contributed by atoms with Gasteiger partial charge in [-0.05, 0) is 132 Å². The van der Waals surface area contributed by atoms with Crippen LogP contribution in [-0.2, 0) is 21.7 Å². The Hall–Kier alpha value is -8.67. The van der Waals surface area contributed by atoms with Crippen molar-refractivity contribution in [1.29, 1.82) is 0 Å². The molecule has 5 heteroatoms. The van der Waals surface area contributed by atoms with E-state index >= 15 is 0 Å². The van der Waals surface area contributed by atoms with E-state index in [2.05, 4.69) is 316 Å². The Morgan fingerprint density at radius 3 is 1.58 bits per heavy atom. The van der Waals surface area contributed by atoms with Gasteiger partial charge in [0.25, 0.3) is 0 Å². The number of pyridine rings is 1. The molecule has 2 aromatic heterocycles. The molecule has 0 radical (unpaired) electrons. The number of para-hydroxylation sites is 3. The van der Waals surface area contributed by atoms with Crippen molar-refractivity contribution >= 4 is 44.6 Å². The van der Waals surface area contributed by atoms with E-state index in [0.29, 0.717) is 6.67 Å². The second-order valence-corrected chi connectivity index (χ2v) is 26.2. The van der Waals surface area contributed by atoms with Crippen molar-refractivity contribution < 1.29 is 4.74 Å². The molecule has 1 aliphatic heterocycles. The number of aromatic nitrogens is 2. The van der Waals surface area contributed by atoms with E-state index in [0.717, 1.165) is 56.4 Å². The Morgan fingerprint density at radius 2 is 0.926 bits per heavy atom. The van der Waals surface area contributed by atoms with Crippen LogP contribution in [0.5, 0.6) is 11.5 Å². The third kappa shape index (κ3) is 10.2. The number of nitrogens with zero attached hydrogens (tertiary/aromatic N) is 4. The van der Waals surface area contributed by atoms with Crippen LogP contribution in [0, 0.1) is 0 Å². The van der Waals surface area contributed by atoms with Gasteiger partial charge in [0.05, 0.1) is 28.1 Å². The summed E-state index contributed by atoms with van der Waals surface area (Å²) in [7, 11) is 0. The quantitative estimate of drug-likeness (QED) is 0.144. The van der Waals surface area contributed by atoms with Crippen LogP contribution in [0.1, 0.15) is 105 Å². The molecule has 0 saturated heterocycles. The minimum atomic E-state index is -0.154. The van der Waals surface area contributed by atoms with Crippen LogP contribution < -0.4 is 14.5 Å². The summed E-state index contributed by atoms with van der Waals surface area (Å²) in [5.41, 5.74) is 21.1. The van der Waals surface area contributed by atoms with Crippen molar-refractivity contribution in [1.82, 2.24) is 9.55 Å². The van der Waals surface area contributed by atoms with Crippen molar-refractivity contribution in [3.05, 3.63) is 241 Å². The lowest BCUT2D eigenvalue weighted by atomic mass is 9.81. The van der Waals surface area contributed by atoms with Gasteiger partial charge < -0.3 is 14.5 Å². The van der Waals surface area contributed by atoms with E-state index in [1.54, 1.807) is 0 Å². The Labute approximate surface area is 480 Å². The summed E-state index contributed by atoms with van der Waals surface area (Å²) < 4.78 is 9.33. The summed E-state index contributed by atoms with van der Waals surface area (Å²) in [4.78, 5) is 10.2. The molecule has 12 rings (SSSR count). The molecule has 0 saturated carbocycles. The third-order valence-corrected chi connectivity index (χ3v) is 16.4. The molecule has 1 aliphatic rings. The van der Waals surface area contributed by atoms with Crippen LogP contribution in [0.2, 0.25) is 0 Å². The molecule has 0 atom stereocenters. The van der Waals surface area contributed by atoms with E-state index in [9.17, 15) is 0 Å². The maximum absolute atomic E-state index is 7.00. The molecule has 5 nitrogen and oxygen atoms in total.